The Morgan fingerprint density at radius 2 is 2.17 bits per heavy atom. The summed E-state index contributed by atoms with van der Waals surface area (Å²) in [7, 11) is 3.37. The van der Waals surface area contributed by atoms with Gasteiger partial charge in [-0.15, -0.1) is 30.4 Å². The molecule has 2 rings (SSSR count). The molecule has 1 unspecified atom stereocenters. The molecule has 1 aliphatic rings. The van der Waals surface area contributed by atoms with Crippen LogP contribution in [0.2, 0.25) is 0 Å². The van der Waals surface area contributed by atoms with Gasteiger partial charge in [0.05, 0.1) is 19.8 Å². The Balaban J connectivity index is 0.00000450. The Hall–Kier alpha value is -1.70. The van der Waals surface area contributed by atoms with Gasteiger partial charge in [-0.3, -0.25) is 9.89 Å². The summed E-state index contributed by atoms with van der Waals surface area (Å²) < 4.78 is 16.8. The molecule has 0 bridgehead atoms. The smallest absolute Gasteiger partial charge is 0.191 e. The first kappa shape index (κ1) is 26.3. The summed E-state index contributed by atoms with van der Waals surface area (Å²) in [6.07, 6.45) is 5.44. The summed E-state index contributed by atoms with van der Waals surface area (Å²) in [5.41, 5.74) is 1.04. The highest BCUT2D eigenvalue weighted by molar-refractivity contribution is 14.0. The molecule has 2 N–H and O–H groups in total. The van der Waals surface area contributed by atoms with Gasteiger partial charge in [0.1, 0.15) is 6.61 Å². The first-order valence-corrected chi connectivity index (χ1v) is 10.1. The van der Waals surface area contributed by atoms with Crippen molar-refractivity contribution in [2.45, 2.75) is 26.5 Å². The maximum atomic E-state index is 5.89. The minimum Gasteiger partial charge on any atom is -0.493 e. The highest BCUT2D eigenvalue weighted by Gasteiger charge is 2.21. The summed E-state index contributed by atoms with van der Waals surface area (Å²) in [5.74, 6) is 5.16. The van der Waals surface area contributed by atoms with Gasteiger partial charge in [0.2, 0.25) is 0 Å². The average Bonchev–Trinajstić information content (AvgIpc) is 2.72. The number of hydrogen-bond donors (Lipinski definition) is 2. The molecule has 1 heterocycles. The summed E-state index contributed by atoms with van der Waals surface area (Å²) in [5, 5.41) is 6.68. The van der Waals surface area contributed by atoms with Gasteiger partial charge in [-0.2, -0.15) is 0 Å². The average molecular weight is 530 g/mol. The number of methoxy groups -OCH3 is 1. The third kappa shape index (κ3) is 8.98. The number of ether oxygens (including phenoxy) is 3. The van der Waals surface area contributed by atoms with E-state index >= 15 is 0 Å². The molecule has 8 heteroatoms. The number of hydrogen-bond acceptors (Lipinski definition) is 5. The Kier molecular flexibility index (Phi) is 12.6. The van der Waals surface area contributed by atoms with E-state index in [9.17, 15) is 0 Å². The van der Waals surface area contributed by atoms with Crippen LogP contribution < -0.4 is 20.1 Å². The van der Waals surface area contributed by atoms with E-state index < -0.39 is 0 Å². The number of aliphatic imine (C=N–C) groups is 1. The fourth-order valence-electron chi connectivity index (χ4n) is 3.27. The van der Waals surface area contributed by atoms with Gasteiger partial charge < -0.3 is 24.8 Å². The molecular weight excluding hydrogens is 495 g/mol. The molecule has 30 heavy (non-hydrogen) atoms. The molecular formula is C22H35IN4O3. The van der Waals surface area contributed by atoms with Gasteiger partial charge in [-0.25, -0.2) is 0 Å². The van der Waals surface area contributed by atoms with Crippen LogP contribution in [-0.4, -0.2) is 70.5 Å². The lowest BCUT2D eigenvalue weighted by Gasteiger charge is -2.34. The van der Waals surface area contributed by atoms with Crippen molar-refractivity contribution in [2.24, 2.45) is 10.9 Å². The van der Waals surface area contributed by atoms with Crippen molar-refractivity contribution in [1.29, 1.82) is 0 Å². The number of morpholine rings is 1. The van der Waals surface area contributed by atoms with Crippen molar-refractivity contribution in [3.05, 3.63) is 23.8 Å². The van der Waals surface area contributed by atoms with Gasteiger partial charge in [0.15, 0.2) is 17.5 Å². The Labute approximate surface area is 198 Å². The molecule has 0 amide bonds. The summed E-state index contributed by atoms with van der Waals surface area (Å²) in [4.78, 5) is 6.77. The van der Waals surface area contributed by atoms with Crippen LogP contribution in [0.1, 0.15) is 19.4 Å². The maximum Gasteiger partial charge on any atom is 0.191 e. The first-order chi connectivity index (χ1) is 14.0. The van der Waals surface area contributed by atoms with Crippen molar-refractivity contribution < 1.29 is 14.2 Å². The summed E-state index contributed by atoms with van der Waals surface area (Å²) >= 11 is 0. The second-order valence-corrected chi connectivity index (χ2v) is 7.43. The molecule has 1 aliphatic heterocycles. The van der Waals surface area contributed by atoms with E-state index in [1.54, 1.807) is 14.2 Å². The van der Waals surface area contributed by atoms with Crippen molar-refractivity contribution >= 4 is 29.9 Å². The topological polar surface area (TPSA) is 67.4 Å². The van der Waals surface area contributed by atoms with Crippen LogP contribution in [0.5, 0.6) is 11.5 Å². The number of guanidine groups is 1. The van der Waals surface area contributed by atoms with Crippen molar-refractivity contribution in [3.63, 3.8) is 0 Å². The Morgan fingerprint density at radius 3 is 2.83 bits per heavy atom. The molecule has 1 saturated heterocycles. The van der Waals surface area contributed by atoms with E-state index in [1.807, 2.05) is 18.2 Å². The molecule has 168 valence electrons. The van der Waals surface area contributed by atoms with Crippen LogP contribution in [0.15, 0.2) is 23.2 Å². The van der Waals surface area contributed by atoms with Crippen LogP contribution in [-0.2, 0) is 11.3 Å². The predicted molar refractivity (Wildman–Crippen MR) is 132 cm³/mol. The van der Waals surface area contributed by atoms with Crippen LogP contribution in [0.3, 0.4) is 0 Å². The quantitative estimate of drug-likeness (QED) is 0.221. The fraction of sp³-hybridized carbons (Fsp3) is 0.591. The van der Waals surface area contributed by atoms with Gasteiger partial charge in [0.25, 0.3) is 0 Å². The largest absolute Gasteiger partial charge is 0.493 e. The zero-order valence-electron chi connectivity index (χ0n) is 18.4. The fourth-order valence-corrected chi connectivity index (χ4v) is 3.27. The highest BCUT2D eigenvalue weighted by Crippen LogP contribution is 2.27. The highest BCUT2D eigenvalue weighted by atomic mass is 127. The standard InChI is InChI=1S/C22H34N4O3.HI/c1-6-10-29-21-12-18(7-8-20(21)27-5)13-24-22(23-4)25-14-19-16-26(9-11-28-19)15-17(2)3;/h1,7-8,12,17,19H,9-11,13-16H2,2-5H3,(H2,23,24,25);1H. The maximum absolute atomic E-state index is 5.89. The van der Waals surface area contributed by atoms with Crippen molar-refractivity contribution in [2.75, 3.05) is 53.6 Å². The number of halogens is 1. The van der Waals surface area contributed by atoms with Gasteiger partial charge in [-0.05, 0) is 23.6 Å². The number of nitrogens with zero attached hydrogens (tertiary/aromatic N) is 2. The summed E-state index contributed by atoms with van der Waals surface area (Å²) in [6.45, 7) is 9.83. The predicted octanol–water partition coefficient (Wildman–Crippen LogP) is 2.35. The normalized spacial score (nSPS) is 17.1. The van der Waals surface area contributed by atoms with E-state index in [1.165, 1.54) is 0 Å². The van der Waals surface area contributed by atoms with Crippen LogP contribution in [0.4, 0.5) is 0 Å². The zero-order valence-corrected chi connectivity index (χ0v) is 20.8. The van der Waals surface area contributed by atoms with E-state index in [-0.39, 0.29) is 36.7 Å². The lowest BCUT2D eigenvalue weighted by atomic mass is 10.2. The molecule has 0 aliphatic carbocycles. The molecule has 1 fully saturated rings. The minimum atomic E-state index is 0. The van der Waals surface area contributed by atoms with E-state index in [0.717, 1.165) is 37.8 Å². The van der Waals surface area contributed by atoms with Crippen molar-refractivity contribution in [3.8, 4) is 23.8 Å². The zero-order chi connectivity index (χ0) is 21.1. The third-order valence-electron chi connectivity index (χ3n) is 4.57. The lowest BCUT2D eigenvalue weighted by molar-refractivity contribution is -0.0284. The van der Waals surface area contributed by atoms with E-state index in [2.05, 4.69) is 40.3 Å². The number of benzene rings is 1. The number of nitrogens with one attached hydrogen (secondary N) is 2. The second-order valence-electron chi connectivity index (χ2n) is 7.43. The van der Waals surface area contributed by atoms with E-state index in [0.29, 0.717) is 30.5 Å². The second kappa shape index (κ2) is 14.3. The van der Waals surface area contributed by atoms with Crippen molar-refractivity contribution in [1.82, 2.24) is 15.5 Å². The van der Waals surface area contributed by atoms with Gasteiger partial charge >= 0.3 is 0 Å². The number of terminal acetylenes is 1. The molecule has 0 spiro atoms. The van der Waals surface area contributed by atoms with Crippen LogP contribution >= 0.6 is 24.0 Å². The molecule has 0 aromatic heterocycles. The van der Waals surface area contributed by atoms with Crippen LogP contribution in [0, 0.1) is 18.3 Å². The van der Waals surface area contributed by atoms with Gasteiger partial charge in [0, 0.05) is 39.8 Å². The van der Waals surface area contributed by atoms with E-state index in [4.69, 9.17) is 20.6 Å². The monoisotopic (exact) mass is 530 g/mol. The Morgan fingerprint density at radius 1 is 1.37 bits per heavy atom. The molecule has 0 saturated carbocycles. The summed E-state index contributed by atoms with van der Waals surface area (Å²) in [6, 6.07) is 5.78. The molecule has 1 aromatic carbocycles. The van der Waals surface area contributed by atoms with Crippen LogP contribution in [0.25, 0.3) is 0 Å². The molecule has 1 atom stereocenters. The Bertz CT molecular complexity index is 706. The minimum absolute atomic E-state index is 0. The molecule has 0 radical (unpaired) electrons. The molecule has 7 nitrogen and oxygen atoms in total. The molecule has 1 aromatic rings. The van der Waals surface area contributed by atoms with Gasteiger partial charge in [-0.1, -0.05) is 25.8 Å². The third-order valence-corrected chi connectivity index (χ3v) is 4.57. The SMILES string of the molecule is C#CCOc1cc(CNC(=NC)NCC2CN(CC(C)C)CCO2)ccc1OC.I. The lowest BCUT2D eigenvalue weighted by Crippen LogP contribution is -2.50. The first-order valence-electron chi connectivity index (χ1n) is 10.1. The number of rotatable bonds is 9.